The van der Waals surface area contributed by atoms with Gasteiger partial charge in [-0.05, 0) is 32.5 Å². The average molecular weight is 205 g/mol. The van der Waals surface area contributed by atoms with Gasteiger partial charge in [0.05, 0.1) is 6.10 Å². The molecule has 2 rings (SSSR count). The second-order valence-corrected chi connectivity index (χ2v) is 4.67. The molecule has 2 atom stereocenters. The van der Waals surface area contributed by atoms with Crippen molar-refractivity contribution in [2.75, 3.05) is 20.1 Å². The zero-order chi connectivity index (χ0) is 10.8. The zero-order valence-corrected chi connectivity index (χ0v) is 9.48. The molecule has 1 aromatic carbocycles. The van der Waals surface area contributed by atoms with Gasteiger partial charge >= 0.3 is 0 Å². The Kier molecular flexibility index (Phi) is 3.08. The highest BCUT2D eigenvalue weighted by Crippen LogP contribution is 2.29. The van der Waals surface area contributed by atoms with Crippen LogP contribution >= 0.6 is 0 Å². The molecule has 2 unspecified atom stereocenters. The predicted octanol–water partition coefficient (Wildman–Crippen LogP) is 1.98. The molecule has 0 amide bonds. The third-order valence-corrected chi connectivity index (χ3v) is 3.29. The van der Waals surface area contributed by atoms with Crippen LogP contribution in [-0.2, 0) is 0 Å². The second-order valence-electron chi connectivity index (χ2n) is 4.67. The molecule has 15 heavy (non-hydrogen) atoms. The summed E-state index contributed by atoms with van der Waals surface area (Å²) in [5.74, 6) is 0.401. The van der Waals surface area contributed by atoms with Crippen molar-refractivity contribution in [3.05, 3.63) is 35.4 Å². The van der Waals surface area contributed by atoms with Crippen LogP contribution in [0.3, 0.4) is 0 Å². The molecule has 1 fully saturated rings. The van der Waals surface area contributed by atoms with Gasteiger partial charge < -0.3 is 10.0 Å². The topological polar surface area (TPSA) is 23.5 Å². The molecule has 1 N–H and O–H groups in total. The number of benzene rings is 1. The lowest BCUT2D eigenvalue weighted by Crippen LogP contribution is -2.18. The van der Waals surface area contributed by atoms with Crippen molar-refractivity contribution >= 4 is 0 Å². The van der Waals surface area contributed by atoms with E-state index >= 15 is 0 Å². The van der Waals surface area contributed by atoms with E-state index in [0.717, 1.165) is 25.1 Å². The van der Waals surface area contributed by atoms with Crippen LogP contribution in [-0.4, -0.2) is 30.1 Å². The molecule has 2 heteroatoms. The van der Waals surface area contributed by atoms with Gasteiger partial charge in [-0.3, -0.25) is 0 Å². The van der Waals surface area contributed by atoms with Crippen LogP contribution < -0.4 is 0 Å². The number of likely N-dealkylation sites (tertiary alicyclic amines) is 1. The summed E-state index contributed by atoms with van der Waals surface area (Å²) in [6.07, 6.45) is 0.807. The minimum Gasteiger partial charge on any atom is -0.388 e. The molecule has 0 radical (unpaired) electrons. The van der Waals surface area contributed by atoms with Crippen LogP contribution in [0.5, 0.6) is 0 Å². The molecule has 82 valence electrons. The molecule has 1 aliphatic heterocycles. The van der Waals surface area contributed by atoms with Gasteiger partial charge in [0, 0.05) is 12.5 Å². The summed E-state index contributed by atoms with van der Waals surface area (Å²) in [4.78, 5) is 2.28. The Morgan fingerprint density at radius 2 is 2.00 bits per heavy atom. The Morgan fingerprint density at radius 3 is 2.53 bits per heavy atom. The average Bonchev–Trinajstić information content (AvgIpc) is 2.65. The number of nitrogens with zero attached hydrogens (tertiary/aromatic N) is 1. The number of hydrogen-bond donors (Lipinski definition) is 1. The fraction of sp³-hybridized carbons (Fsp3) is 0.538. The summed E-state index contributed by atoms with van der Waals surface area (Å²) in [6, 6.07) is 8.21. The highest BCUT2D eigenvalue weighted by Gasteiger charge is 2.27. The summed E-state index contributed by atoms with van der Waals surface area (Å²) < 4.78 is 0. The van der Waals surface area contributed by atoms with Crippen LogP contribution in [0, 0.1) is 12.8 Å². The van der Waals surface area contributed by atoms with Crippen molar-refractivity contribution in [1.82, 2.24) is 4.90 Å². The molecule has 0 spiro atoms. The lowest BCUT2D eigenvalue weighted by Gasteiger charge is -2.18. The molecule has 0 aliphatic carbocycles. The van der Waals surface area contributed by atoms with Crippen molar-refractivity contribution in [2.24, 2.45) is 5.92 Å². The molecule has 1 aromatic rings. The third kappa shape index (κ3) is 2.39. The third-order valence-electron chi connectivity index (χ3n) is 3.29. The highest BCUT2D eigenvalue weighted by atomic mass is 16.3. The molecular formula is C13H19NO. The maximum atomic E-state index is 10.2. The van der Waals surface area contributed by atoms with E-state index in [1.54, 1.807) is 0 Å². The van der Waals surface area contributed by atoms with Crippen molar-refractivity contribution in [3.63, 3.8) is 0 Å². The molecule has 1 aliphatic rings. The van der Waals surface area contributed by atoms with Gasteiger partial charge in [0.15, 0.2) is 0 Å². The maximum absolute atomic E-state index is 10.2. The van der Waals surface area contributed by atoms with Gasteiger partial charge in [0.25, 0.3) is 0 Å². The van der Waals surface area contributed by atoms with Gasteiger partial charge in [-0.2, -0.15) is 0 Å². The minimum atomic E-state index is -0.296. The lowest BCUT2D eigenvalue weighted by molar-refractivity contribution is 0.113. The van der Waals surface area contributed by atoms with Crippen LogP contribution in [0.4, 0.5) is 0 Å². The van der Waals surface area contributed by atoms with Gasteiger partial charge in [0.2, 0.25) is 0 Å². The Bertz CT molecular complexity index is 320. The first-order valence-corrected chi connectivity index (χ1v) is 5.60. The zero-order valence-electron chi connectivity index (χ0n) is 9.48. The van der Waals surface area contributed by atoms with E-state index in [2.05, 4.69) is 31.0 Å². The van der Waals surface area contributed by atoms with Gasteiger partial charge in [-0.1, -0.05) is 29.8 Å². The number of aliphatic hydroxyl groups excluding tert-OH is 1. The van der Waals surface area contributed by atoms with Gasteiger partial charge in [0.1, 0.15) is 0 Å². The standard InChI is InChI=1S/C13H19NO/c1-10-3-5-11(6-4-10)13(15)12-7-8-14(2)9-12/h3-6,12-13,15H,7-9H2,1-2H3. The molecule has 0 saturated carbocycles. The van der Waals surface area contributed by atoms with E-state index in [0.29, 0.717) is 5.92 Å². The molecule has 1 saturated heterocycles. The van der Waals surface area contributed by atoms with Crippen molar-refractivity contribution in [2.45, 2.75) is 19.4 Å². The van der Waals surface area contributed by atoms with Crippen LogP contribution in [0.25, 0.3) is 0 Å². The van der Waals surface area contributed by atoms with E-state index in [4.69, 9.17) is 0 Å². The molecule has 0 bridgehead atoms. The molecule has 0 aromatic heterocycles. The first kappa shape index (κ1) is 10.7. The first-order chi connectivity index (χ1) is 7.16. The maximum Gasteiger partial charge on any atom is 0.0830 e. The Balaban J connectivity index is 2.07. The molecular weight excluding hydrogens is 186 g/mol. The van der Waals surface area contributed by atoms with Crippen molar-refractivity contribution in [1.29, 1.82) is 0 Å². The SMILES string of the molecule is Cc1ccc(C(O)C2CCN(C)C2)cc1. The van der Waals surface area contributed by atoms with Crippen molar-refractivity contribution < 1.29 is 5.11 Å². The Morgan fingerprint density at radius 1 is 1.33 bits per heavy atom. The van der Waals surface area contributed by atoms with E-state index in [1.807, 2.05) is 12.1 Å². The van der Waals surface area contributed by atoms with Crippen LogP contribution in [0.1, 0.15) is 23.7 Å². The monoisotopic (exact) mass is 205 g/mol. The van der Waals surface area contributed by atoms with Gasteiger partial charge in [-0.15, -0.1) is 0 Å². The number of aliphatic hydroxyl groups is 1. The van der Waals surface area contributed by atoms with E-state index < -0.39 is 0 Å². The minimum absolute atomic E-state index is 0.296. The lowest BCUT2D eigenvalue weighted by atomic mass is 9.94. The molecule has 2 nitrogen and oxygen atoms in total. The largest absolute Gasteiger partial charge is 0.388 e. The number of hydrogen-bond acceptors (Lipinski definition) is 2. The second kappa shape index (κ2) is 4.33. The highest BCUT2D eigenvalue weighted by molar-refractivity contribution is 5.23. The van der Waals surface area contributed by atoms with Crippen molar-refractivity contribution in [3.8, 4) is 0 Å². The van der Waals surface area contributed by atoms with E-state index in [1.165, 1.54) is 5.56 Å². The summed E-state index contributed by atoms with van der Waals surface area (Å²) in [5.41, 5.74) is 2.30. The fourth-order valence-electron chi connectivity index (χ4n) is 2.26. The number of aryl methyl sites for hydroxylation is 1. The normalized spacial score (nSPS) is 24.3. The smallest absolute Gasteiger partial charge is 0.0830 e. The Labute approximate surface area is 91.5 Å². The van der Waals surface area contributed by atoms with E-state index in [9.17, 15) is 5.11 Å². The number of rotatable bonds is 2. The summed E-state index contributed by atoms with van der Waals surface area (Å²) >= 11 is 0. The first-order valence-electron chi connectivity index (χ1n) is 5.60. The van der Waals surface area contributed by atoms with Crippen LogP contribution in [0.15, 0.2) is 24.3 Å². The quantitative estimate of drug-likeness (QED) is 0.798. The van der Waals surface area contributed by atoms with E-state index in [-0.39, 0.29) is 6.10 Å². The molecule has 1 heterocycles. The summed E-state index contributed by atoms with van der Waals surface area (Å²) in [7, 11) is 2.11. The predicted molar refractivity (Wildman–Crippen MR) is 61.7 cm³/mol. The summed E-state index contributed by atoms with van der Waals surface area (Å²) in [5, 5.41) is 10.2. The summed E-state index contributed by atoms with van der Waals surface area (Å²) in [6.45, 7) is 4.18. The Hall–Kier alpha value is -0.860. The van der Waals surface area contributed by atoms with Crippen LogP contribution in [0.2, 0.25) is 0 Å². The van der Waals surface area contributed by atoms with Gasteiger partial charge in [-0.25, -0.2) is 0 Å². The fourth-order valence-corrected chi connectivity index (χ4v) is 2.26.